The minimum absolute atomic E-state index is 0.571. The number of rotatable bonds is 3. The zero-order valence-corrected chi connectivity index (χ0v) is 9.07. The zero-order valence-electron chi connectivity index (χ0n) is 7.56. The van der Waals surface area contributed by atoms with Crippen LogP contribution in [-0.4, -0.2) is 5.88 Å². The summed E-state index contributed by atoms with van der Waals surface area (Å²) in [6, 6.07) is 7.77. The molecule has 0 N–H and O–H groups in total. The minimum Gasteiger partial charge on any atom is -0.122 e. The Morgan fingerprint density at radius 3 is 2.62 bits per heavy atom. The molecular weight excluding hydrogens is 203 g/mol. The van der Waals surface area contributed by atoms with Gasteiger partial charge in [-0.1, -0.05) is 48.4 Å². The second-order valence-corrected chi connectivity index (χ2v) is 3.49. The van der Waals surface area contributed by atoms with E-state index in [2.05, 4.69) is 13.0 Å². The lowest BCUT2D eigenvalue weighted by Gasteiger charge is -2.01. The standard InChI is InChI=1S/C11H12Cl2/c1-2-9(8-12)7-10-5-3-4-6-11(10)13/h3-7H,2,8H2,1H3. The van der Waals surface area contributed by atoms with Crippen LogP contribution in [0.2, 0.25) is 5.02 Å². The Bertz CT molecular complexity index is 297. The molecule has 0 aliphatic heterocycles. The van der Waals surface area contributed by atoms with Gasteiger partial charge in [0.1, 0.15) is 0 Å². The molecule has 0 aromatic heterocycles. The number of allylic oxidation sites excluding steroid dienone is 1. The molecule has 0 bridgehead atoms. The van der Waals surface area contributed by atoms with Crippen LogP contribution in [-0.2, 0) is 0 Å². The Morgan fingerprint density at radius 1 is 1.38 bits per heavy atom. The van der Waals surface area contributed by atoms with E-state index in [0.717, 1.165) is 17.0 Å². The Balaban J connectivity index is 2.95. The van der Waals surface area contributed by atoms with E-state index in [9.17, 15) is 0 Å². The largest absolute Gasteiger partial charge is 0.122 e. The van der Waals surface area contributed by atoms with Gasteiger partial charge in [0.25, 0.3) is 0 Å². The molecule has 0 saturated heterocycles. The molecule has 0 heterocycles. The van der Waals surface area contributed by atoms with E-state index in [1.807, 2.05) is 24.3 Å². The lowest BCUT2D eigenvalue weighted by Crippen LogP contribution is -1.83. The van der Waals surface area contributed by atoms with Crippen molar-refractivity contribution in [2.75, 3.05) is 5.88 Å². The number of benzene rings is 1. The second-order valence-electron chi connectivity index (χ2n) is 2.81. The Kier molecular flexibility index (Phi) is 4.34. The predicted molar refractivity (Wildman–Crippen MR) is 60.4 cm³/mol. The summed E-state index contributed by atoms with van der Waals surface area (Å²) in [5, 5.41) is 0.776. The summed E-state index contributed by atoms with van der Waals surface area (Å²) in [4.78, 5) is 0. The Labute approximate surface area is 89.2 Å². The van der Waals surface area contributed by atoms with E-state index in [0.29, 0.717) is 5.88 Å². The van der Waals surface area contributed by atoms with Gasteiger partial charge in [-0.15, -0.1) is 11.6 Å². The summed E-state index contributed by atoms with van der Waals surface area (Å²) in [5.41, 5.74) is 2.25. The van der Waals surface area contributed by atoms with E-state index in [-0.39, 0.29) is 0 Å². The van der Waals surface area contributed by atoms with Gasteiger partial charge in [-0.2, -0.15) is 0 Å². The van der Waals surface area contributed by atoms with Crippen LogP contribution in [0.5, 0.6) is 0 Å². The molecule has 0 atom stereocenters. The quantitative estimate of drug-likeness (QED) is 0.656. The van der Waals surface area contributed by atoms with Gasteiger partial charge in [-0.05, 0) is 18.1 Å². The van der Waals surface area contributed by atoms with Gasteiger partial charge in [0, 0.05) is 10.9 Å². The second kappa shape index (κ2) is 5.31. The lowest BCUT2D eigenvalue weighted by atomic mass is 10.1. The third-order valence-corrected chi connectivity index (χ3v) is 2.58. The summed E-state index contributed by atoms with van der Waals surface area (Å²) < 4.78 is 0. The van der Waals surface area contributed by atoms with Gasteiger partial charge < -0.3 is 0 Å². The van der Waals surface area contributed by atoms with E-state index >= 15 is 0 Å². The summed E-state index contributed by atoms with van der Waals surface area (Å²) in [5.74, 6) is 0.571. The third kappa shape index (κ3) is 3.06. The molecule has 0 nitrogen and oxygen atoms in total. The Hall–Kier alpha value is -0.460. The molecule has 0 amide bonds. The van der Waals surface area contributed by atoms with Gasteiger partial charge in [0.05, 0.1) is 0 Å². The van der Waals surface area contributed by atoms with Crippen LogP contribution >= 0.6 is 23.2 Å². The maximum Gasteiger partial charge on any atom is 0.0478 e. The van der Waals surface area contributed by atoms with Crippen LogP contribution in [0.4, 0.5) is 0 Å². The topological polar surface area (TPSA) is 0 Å². The minimum atomic E-state index is 0.571. The summed E-state index contributed by atoms with van der Waals surface area (Å²) >= 11 is 11.8. The first kappa shape index (κ1) is 10.6. The van der Waals surface area contributed by atoms with Crippen molar-refractivity contribution in [3.05, 3.63) is 40.4 Å². The van der Waals surface area contributed by atoms with E-state index in [1.54, 1.807) is 0 Å². The molecule has 13 heavy (non-hydrogen) atoms. The van der Waals surface area contributed by atoms with E-state index in [1.165, 1.54) is 5.57 Å². The van der Waals surface area contributed by atoms with Crippen molar-refractivity contribution < 1.29 is 0 Å². The molecule has 70 valence electrons. The Morgan fingerprint density at radius 2 is 2.08 bits per heavy atom. The van der Waals surface area contributed by atoms with Crippen molar-refractivity contribution in [3.63, 3.8) is 0 Å². The number of hydrogen-bond acceptors (Lipinski definition) is 0. The highest BCUT2D eigenvalue weighted by atomic mass is 35.5. The van der Waals surface area contributed by atoms with Crippen LogP contribution in [0.15, 0.2) is 29.8 Å². The van der Waals surface area contributed by atoms with Gasteiger partial charge in [0.15, 0.2) is 0 Å². The van der Waals surface area contributed by atoms with Crippen molar-refractivity contribution >= 4 is 29.3 Å². The highest BCUT2D eigenvalue weighted by molar-refractivity contribution is 6.32. The van der Waals surface area contributed by atoms with Crippen molar-refractivity contribution in [3.8, 4) is 0 Å². The fourth-order valence-electron chi connectivity index (χ4n) is 1.05. The maximum atomic E-state index is 5.99. The van der Waals surface area contributed by atoms with Crippen LogP contribution in [0.3, 0.4) is 0 Å². The summed E-state index contributed by atoms with van der Waals surface area (Å²) in [6.07, 6.45) is 3.02. The molecule has 0 spiro atoms. The average molecular weight is 215 g/mol. The third-order valence-electron chi connectivity index (χ3n) is 1.89. The molecule has 0 aliphatic carbocycles. The molecule has 0 saturated carbocycles. The van der Waals surface area contributed by atoms with Crippen molar-refractivity contribution in [2.24, 2.45) is 0 Å². The highest BCUT2D eigenvalue weighted by Gasteiger charge is 1.96. The summed E-state index contributed by atoms with van der Waals surface area (Å²) in [6.45, 7) is 2.09. The fraction of sp³-hybridized carbons (Fsp3) is 0.273. The van der Waals surface area contributed by atoms with Crippen molar-refractivity contribution in [2.45, 2.75) is 13.3 Å². The number of hydrogen-bond donors (Lipinski definition) is 0. The molecule has 0 radical (unpaired) electrons. The molecule has 2 heteroatoms. The van der Waals surface area contributed by atoms with E-state index < -0.39 is 0 Å². The number of halogens is 2. The van der Waals surface area contributed by atoms with Crippen molar-refractivity contribution in [1.82, 2.24) is 0 Å². The number of alkyl halides is 1. The van der Waals surface area contributed by atoms with Gasteiger partial charge in [-0.25, -0.2) is 0 Å². The smallest absolute Gasteiger partial charge is 0.0478 e. The SMILES string of the molecule is CCC(=Cc1ccccc1Cl)CCl. The van der Waals surface area contributed by atoms with Crippen LogP contribution < -0.4 is 0 Å². The van der Waals surface area contributed by atoms with Gasteiger partial charge in [0.2, 0.25) is 0 Å². The molecule has 0 aliphatic rings. The molecule has 1 aromatic carbocycles. The molecule has 1 aromatic rings. The monoisotopic (exact) mass is 214 g/mol. The van der Waals surface area contributed by atoms with Crippen LogP contribution in [0.1, 0.15) is 18.9 Å². The molecular formula is C11H12Cl2. The average Bonchev–Trinajstić information content (AvgIpc) is 2.17. The first-order valence-corrected chi connectivity index (χ1v) is 5.19. The predicted octanol–water partition coefficient (Wildman–Crippen LogP) is 4.37. The van der Waals surface area contributed by atoms with Crippen LogP contribution in [0, 0.1) is 0 Å². The van der Waals surface area contributed by atoms with Gasteiger partial charge in [-0.3, -0.25) is 0 Å². The molecule has 1 rings (SSSR count). The first-order chi connectivity index (χ1) is 6.27. The zero-order chi connectivity index (χ0) is 9.68. The van der Waals surface area contributed by atoms with Crippen LogP contribution in [0.25, 0.3) is 6.08 Å². The fourth-order valence-corrected chi connectivity index (χ4v) is 1.50. The normalized spacial score (nSPS) is 11.8. The van der Waals surface area contributed by atoms with E-state index in [4.69, 9.17) is 23.2 Å². The molecule has 0 fully saturated rings. The highest BCUT2D eigenvalue weighted by Crippen LogP contribution is 2.19. The first-order valence-electron chi connectivity index (χ1n) is 4.28. The van der Waals surface area contributed by atoms with Gasteiger partial charge >= 0.3 is 0 Å². The van der Waals surface area contributed by atoms with Crippen molar-refractivity contribution in [1.29, 1.82) is 0 Å². The lowest BCUT2D eigenvalue weighted by molar-refractivity contribution is 1.12. The summed E-state index contributed by atoms with van der Waals surface area (Å²) in [7, 11) is 0. The maximum absolute atomic E-state index is 5.99. The molecule has 0 unspecified atom stereocenters.